The van der Waals surface area contributed by atoms with E-state index in [-0.39, 0.29) is 28.4 Å². The lowest BCUT2D eigenvalue weighted by atomic mass is 10.2. The first-order valence-corrected chi connectivity index (χ1v) is 8.15. The van der Waals surface area contributed by atoms with Crippen LogP contribution in [0.1, 0.15) is 46.1 Å². The third-order valence-electron chi connectivity index (χ3n) is 4.32. The highest BCUT2D eigenvalue weighted by Crippen LogP contribution is 2.41. The minimum atomic E-state index is -4.63. The Bertz CT molecular complexity index is 1090. The summed E-state index contributed by atoms with van der Waals surface area (Å²) in [5.74, 6) is -0.706. The summed E-state index contributed by atoms with van der Waals surface area (Å²) in [6.45, 7) is 0. The van der Waals surface area contributed by atoms with Crippen molar-refractivity contribution in [2.24, 2.45) is 0 Å². The van der Waals surface area contributed by atoms with Crippen molar-refractivity contribution in [3.8, 4) is 6.07 Å². The Morgan fingerprint density at radius 3 is 2.70 bits per heavy atom. The van der Waals surface area contributed by atoms with Gasteiger partial charge in [0.25, 0.3) is 5.91 Å². The number of hydrogen-bond acceptors (Lipinski definition) is 4. The van der Waals surface area contributed by atoms with Crippen molar-refractivity contribution in [1.29, 1.82) is 5.26 Å². The number of carbonyl (C=O) groups is 1. The number of nitrogens with one attached hydrogen (secondary N) is 1. The van der Waals surface area contributed by atoms with Crippen LogP contribution in [0.2, 0.25) is 0 Å². The van der Waals surface area contributed by atoms with Crippen molar-refractivity contribution < 1.29 is 18.0 Å². The largest absolute Gasteiger partial charge is 0.433 e. The van der Waals surface area contributed by atoms with E-state index in [2.05, 4.69) is 15.4 Å². The number of nitriles is 1. The molecule has 1 saturated carbocycles. The van der Waals surface area contributed by atoms with Gasteiger partial charge in [0, 0.05) is 11.6 Å². The predicted octanol–water partition coefficient (Wildman–Crippen LogP) is 3.75. The smallest absolute Gasteiger partial charge is 0.321 e. The molecule has 0 atom stereocenters. The zero-order valence-electron chi connectivity index (χ0n) is 13.8. The van der Waals surface area contributed by atoms with Gasteiger partial charge in [0.15, 0.2) is 5.65 Å². The second-order valence-electron chi connectivity index (χ2n) is 6.24. The van der Waals surface area contributed by atoms with E-state index in [9.17, 15) is 18.0 Å². The highest BCUT2D eigenvalue weighted by atomic mass is 19.4. The maximum atomic E-state index is 13.4. The number of benzene rings is 1. The Labute approximate surface area is 151 Å². The molecule has 9 heteroatoms. The highest BCUT2D eigenvalue weighted by molar-refractivity contribution is 6.08. The number of anilines is 1. The van der Waals surface area contributed by atoms with Crippen molar-refractivity contribution in [3.63, 3.8) is 0 Å². The van der Waals surface area contributed by atoms with E-state index in [4.69, 9.17) is 5.26 Å². The molecule has 0 bridgehead atoms. The molecule has 2 heterocycles. The van der Waals surface area contributed by atoms with Crippen molar-refractivity contribution in [2.45, 2.75) is 24.9 Å². The fourth-order valence-corrected chi connectivity index (χ4v) is 2.81. The lowest BCUT2D eigenvalue weighted by Gasteiger charge is -2.11. The molecule has 0 unspecified atom stereocenters. The topological polar surface area (TPSA) is 83.1 Å². The highest BCUT2D eigenvalue weighted by Gasteiger charge is 2.38. The first-order valence-electron chi connectivity index (χ1n) is 8.15. The number of rotatable bonds is 3. The number of carbonyl (C=O) groups excluding carboxylic acids is 1. The number of amides is 1. The Kier molecular flexibility index (Phi) is 3.84. The summed E-state index contributed by atoms with van der Waals surface area (Å²) in [5.41, 5.74) is -0.397. The molecule has 136 valence electrons. The molecular weight excluding hydrogens is 359 g/mol. The van der Waals surface area contributed by atoms with Crippen molar-refractivity contribution in [2.75, 3.05) is 5.32 Å². The van der Waals surface area contributed by atoms with Crippen LogP contribution in [0.4, 0.5) is 18.9 Å². The maximum absolute atomic E-state index is 13.4. The fourth-order valence-electron chi connectivity index (χ4n) is 2.81. The van der Waals surface area contributed by atoms with Gasteiger partial charge in [-0.15, -0.1) is 0 Å². The number of para-hydroxylation sites is 1. The van der Waals surface area contributed by atoms with Gasteiger partial charge in [-0.05, 0) is 31.0 Å². The third-order valence-corrected chi connectivity index (χ3v) is 4.32. The molecule has 1 aliphatic carbocycles. The van der Waals surface area contributed by atoms with E-state index in [1.165, 1.54) is 12.1 Å². The molecule has 1 aliphatic rings. The Morgan fingerprint density at radius 1 is 1.30 bits per heavy atom. The summed E-state index contributed by atoms with van der Waals surface area (Å²) in [6.07, 6.45) is -2.03. The number of halogens is 3. The lowest BCUT2D eigenvalue weighted by Crippen LogP contribution is -2.16. The van der Waals surface area contributed by atoms with Gasteiger partial charge in [0.1, 0.15) is 17.3 Å². The standard InChI is InChI=1S/C18H12F3N5O/c19-18(20,21)15-7-14(10-5-6-10)24-16-12(9-23-26(15)16)17(27)25-13-4-2-1-3-11(13)8-22/h1-4,7,9-10H,5-6H2,(H,25,27). The van der Waals surface area contributed by atoms with Gasteiger partial charge < -0.3 is 5.32 Å². The summed E-state index contributed by atoms with van der Waals surface area (Å²) in [6, 6.07) is 9.27. The van der Waals surface area contributed by atoms with Gasteiger partial charge in [-0.2, -0.15) is 23.5 Å². The molecule has 27 heavy (non-hydrogen) atoms. The van der Waals surface area contributed by atoms with Crippen LogP contribution in [0.15, 0.2) is 36.5 Å². The van der Waals surface area contributed by atoms with Gasteiger partial charge in [0.05, 0.1) is 17.4 Å². The van der Waals surface area contributed by atoms with Crippen molar-refractivity contribution >= 4 is 17.2 Å². The molecule has 3 aromatic rings. The summed E-state index contributed by atoms with van der Waals surface area (Å²) in [5, 5.41) is 15.4. The zero-order chi connectivity index (χ0) is 19.2. The van der Waals surface area contributed by atoms with E-state index in [0.717, 1.165) is 25.1 Å². The van der Waals surface area contributed by atoms with Crippen LogP contribution < -0.4 is 5.32 Å². The predicted molar refractivity (Wildman–Crippen MR) is 89.1 cm³/mol. The minimum absolute atomic E-state index is 0.0266. The molecule has 4 rings (SSSR count). The molecule has 6 nitrogen and oxygen atoms in total. The van der Waals surface area contributed by atoms with Gasteiger partial charge in [-0.25, -0.2) is 9.50 Å². The molecule has 1 fully saturated rings. The zero-order valence-corrected chi connectivity index (χ0v) is 13.8. The number of alkyl halides is 3. The van der Waals surface area contributed by atoms with E-state index < -0.39 is 17.8 Å². The number of fused-ring (bicyclic) bond motifs is 1. The number of hydrogen-bond donors (Lipinski definition) is 1. The molecule has 1 amide bonds. The second kappa shape index (κ2) is 6.09. The molecule has 0 aliphatic heterocycles. The SMILES string of the molecule is N#Cc1ccccc1NC(=O)c1cnn2c(C(F)(F)F)cc(C3CC3)nc12. The lowest BCUT2D eigenvalue weighted by molar-refractivity contribution is -0.142. The van der Waals surface area contributed by atoms with Crippen LogP contribution >= 0.6 is 0 Å². The summed E-state index contributed by atoms with van der Waals surface area (Å²) >= 11 is 0. The number of aromatic nitrogens is 3. The van der Waals surface area contributed by atoms with Crippen molar-refractivity contribution in [3.05, 3.63) is 59.0 Å². The van der Waals surface area contributed by atoms with Gasteiger partial charge in [-0.3, -0.25) is 4.79 Å². The number of nitrogens with zero attached hydrogens (tertiary/aromatic N) is 4. The first-order chi connectivity index (χ1) is 12.9. The van der Waals surface area contributed by atoms with Crippen molar-refractivity contribution in [1.82, 2.24) is 14.6 Å². The molecule has 0 spiro atoms. The average molecular weight is 371 g/mol. The van der Waals surface area contributed by atoms with Crippen LogP contribution in [0.5, 0.6) is 0 Å². The molecule has 0 saturated heterocycles. The van der Waals surface area contributed by atoms with E-state index >= 15 is 0 Å². The second-order valence-corrected chi connectivity index (χ2v) is 6.24. The van der Waals surface area contributed by atoms with E-state index in [1.807, 2.05) is 6.07 Å². The fraction of sp³-hybridized carbons (Fsp3) is 0.222. The summed E-state index contributed by atoms with van der Waals surface area (Å²) < 4.78 is 40.9. The summed E-state index contributed by atoms with van der Waals surface area (Å²) in [4.78, 5) is 16.9. The Morgan fingerprint density at radius 2 is 2.04 bits per heavy atom. The maximum Gasteiger partial charge on any atom is 0.433 e. The van der Waals surface area contributed by atoms with Crippen LogP contribution in [-0.4, -0.2) is 20.5 Å². The molecular formula is C18H12F3N5O. The summed E-state index contributed by atoms with van der Waals surface area (Å²) in [7, 11) is 0. The van der Waals surface area contributed by atoms with Crippen LogP contribution in [0.25, 0.3) is 5.65 Å². The van der Waals surface area contributed by atoms with Crippen LogP contribution in [0.3, 0.4) is 0 Å². The third kappa shape index (κ3) is 3.10. The molecule has 0 radical (unpaired) electrons. The van der Waals surface area contributed by atoms with E-state index in [0.29, 0.717) is 10.2 Å². The molecule has 2 aromatic heterocycles. The van der Waals surface area contributed by atoms with Gasteiger partial charge in [-0.1, -0.05) is 12.1 Å². The molecule has 1 N–H and O–H groups in total. The quantitative estimate of drug-likeness (QED) is 0.760. The van der Waals surface area contributed by atoms with Crippen LogP contribution in [0, 0.1) is 11.3 Å². The van der Waals surface area contributed by atoms with E-state index in [1.54, 1.807) is 12.1 Å². The first kappa shape index (κ1) is 17.0. The van der Waals surface area contributed by atoms with Gasteiger partial charge >= 0.3 is 6.18 Å². The minimum Gasteiger partial charge on any atom is -0.321 e. The van der Waals surface area contributed by atoms with Crippen LogP contribution in [-0.2, 0) is 6.18 Å². The van der Waals surface area contributed by atoms with Gasteiger partial charge in [0.2, 0.25) is 0 Å². The molecule has 1 aromatic carbocycles. The monoisotopic (exact) mass is 371 g/mol. The Balaban J connectivity index is 1.79. The average Bonchev–Trinajstić information content (AvgIpc) is 3.39. The normalized spacial score (nSPS) is 14.1. The Hall–Kier alpha value is -3.41.